The maximum absolute atomic E-state index is 12.2. The molecule has 0 unspecified atom stereocenters. The lowest BCUT2D eigenvalue weighted by Gasteiger charge is -2.06. The molecule has 0 aliphatic carbocycles. The molecule has 3 aromatic rings. The second kappa shape index (κ2) is 8.16. The van der Waals surface area contributed by atoms with Gasteiger partial charge in [0.1, 0.15) is 6.33 Å². The fourth-order valence-corrected chi connectivity index (χ4v) is 2.77. The average molecular weight is 373 g/mol. The predicted octanol–water partition coefficient (Wildman–Crippen LogP) is 1.87. The predicted molar refractivity (Wildman–Crippen MR) is 94.2 cm³/mol. The molecular weight excluding hydrogens is 358 g/mol. The fraction of sp³-hybridized carbons (Fsp3) is 0.200. The van der Waals surface area contributed by atoms with Crippen molar-refractivity contribution in [3.63, 3.8) is 0 Å². The standard InChI is InChI=1S/C15H15N7O3S/c1-2-25-15(24)19-14-18-11(8-26-14)7-13(23)17-10-4-3-5-12(6-10)22-9-16-20-21-22/h3-6,8-9H,2,7H2,1H3,(H,17,23)(H,18,19,24). The van der Waals surface area contributed by atoms with Crippen molar-refractivity contribution in [2.24, 2.45) is 0 Å². The van der Waals surface area contributed by atoms with Gasteiger partial charge < -0.3 is 10.1 Å². The molecule has 0 radical (unpaired) electrons. The van der Waals surface area contributed by atoms with E-state index in [0.717, 1.165) is 5.69 Å². The zero-order valence-electron chi connectivity index (χ0n) is 13.7. The zero-order chi connectivity index (χ0) is 18.4. The summed E-state index contributed by atoms with van der Waals surface area (Å²) in [6.07, 6.45) is 0.974. The van der Waals surface area contributed by atoms with Crippen LogP contribution in [0, 0.1) is 0 Å². The van der Waals surface area contributed by atoms with Gasteiger partial charge in [0.05, 0.1) is 24.4 Å². The minimum atomic E-state index is -0.572. The van der Waals surface area contributed by atoms with Crippen molar-refractivity contribution in [3.8, 4) is 5.69 Å². The summed E-state index contributed by atoms with van der Waals surface area (Å²) in [6.45, 7) is 1.99. The highest BCUT2D eigenvalue weighted by molar-refractivity contribution is 7.13. The Balaban J connectivity index is 1.58. The molecular formula is C15H15N7O3S. The molecule has 10 nitrogen and oxygen atoms in total. The van der Waals surface area contributed by atoms with Gasteiger partial charge in [0.2, 0.25) is 5.91 Å². The monoisotopic (exact) mass is 373 g/mol. The van der Waals surface area contributed by atoms with Crippen LogP contribution in [0.25, 0.3) is 5.69 Å². The minimum Gasteiger partial charge on any atom is -0.450 e. The molecule has 2 aromatic heterocycles. The minimum absolute atomic E-state index is 0.0795. The highest BCUT2D eigenvalue weighted by atomic mass is 32.1. The van der Waals surface area contributed by atoms with E-state index in [0.29, 0.717) is 16.5 Å². The molecule has 134 valence electrons. The van der Waals surface area contributed by atoms with E-state index in [1.54, 1.807) is 30.5 Å². The number of rotatable bonds is 6. The number of amides is 2. The third kappa shape index (κ3) is 4.60. The van der Waals surface area contributed by atoms with Crippen LogP contribution >= 0.6 is 11.3 Å². The van der Waals surface area contributed by atoms with E-state index in [9.17, 15) is 9.59 Å². The summed E-state index contributed by atoms with van der Waals surface area (Å²) in [7, 11) is 0. The van der Waals surface area contributed by atoms with E-state index in [4.69, 9.17) is 4.74 Å². The second-order valence-electron chi connectivity index (χ2n) is 5.02. The molecule has 0 aliphatic heterocycles. The summed E-state index contributed by atoms with van der Waals surface area (Å²) in [5.41, 5.74) is 1.89. The van der Waals surface area contributed by atoms with E-state index in [2.05, 4.69) is 31.1 Å². The summed E-state index contributed by atoms with van der Waals surface area (Å²) in [5.74, 6) is -0.230. The maximum Gasteiger partial charge on any atom is 0.413 e. The first-order chi connectivity index (χ1) is 12.6. The number of benzene rings is 1. The van der Waals surface area contributed by atoms with Crippen LogP contribution in [0.1, 0.15) is 12.6 Å². The number of carbonyl (C=O) groups excluding carboxylic acids is 2. The van der Waals surface area contributed by atoms with Crippen molar-refractivity contribution in [1.29, 1.82) is 0 Å². The number of ether oxygens (including phenoxy) is 1. The topological polar surface area (TPSA) is 124 Å². The first-order valence-electron chi connectivity index (χ1n) is 7.65. The number of thiazole rings is 1. The van der Waals surface area contributed by atoms with Gasteiger partial charge >= 0.3 is 6.09 Å². The van der Waals surface area contributed by atoms with E-state index in [-0.39, 0.29) is 18.9 Å². The lowest BCUT2D eigenvalue weighted by atomic mass is 10.2. The van der Waals surface area contributed by atoms with Gasteiger partial charge in [-0.15, -0.1) is 16.4 Å². The van der Waals surface area contributed by atoms with Crippen molar-refractivity contribution in [3.05, 3.63) is 41.7 Å². The largest absolute Gasteiger partial charge is 0.450 e. The highest BCUT2D eigenvalue weighted by Gasteiger charge is 2.11. The molecule has 2 heterocycles. The molecule has 2 amide bonds. The van der Waals surface area contributed by atoms with Crippen LogP contribution < -0.4 is 10.6 Å². The van der Waals surface area contributed by atoms with Gasteiger partial charge in [-0.05, 0) is 35.5 Å². The SMILES string of the molecule is CCOC(=O)Nc1nc(CC(=O)Nc2cccc(-n3cnnn3)c2)cs1. The normalized spacial score (nSPS) is 10.3. The number of hydrogen-bond donors (Lipinski definition) is 2. The molecule has 0 spiro atoms. The van der Waals surface area contributed by atoms with Gasteiger partial charge in [0.25, 0.3) is 0 Å². The zero-order valence-corrected chi connectivity index (χ0v) is 14.6. The molecule has 0 fully saturated rings. The molecule has 2 N–H and O–H groups in total. The second-order valence-corrected chi connectivity index (χ2v) is 5.88. The Morgan fingerprint density at radius 3 is 2.96 bits per heavy atom. The number of anilines is 2. The van der Waals surface area contributed by atoms with Gasteiger partial charge in [-0.25, -0.2) is 14.5 Å². The number of nitrogens with one attached hydrogen (secondary N) is 2. The smallest absolute Gasteiger partial charge is 0.413 e. The van der Waals surface area contributed by atoms with Crippen LogP contribution in [0.3, 0.4) is 0 Å². The Kier molecular flexibility index (Phi) is 5.49. The molecule has 0 bridgehead atoms. The van der Waals surface area contributed by atoms with Crippen molar-refractivity contribution >= 4 is 34.2 Å². The van der Waals surface area contributed by atoms with Crippen molar-refractivity contribution in [2.75, 3.05) is 17.2 Å². The Morgan fingerprint density at radius 1 is 1.31 bits per heavy atom. The van der Waals surface area contributed by atoms with Gasteiger partial charge in [0.15, 0.2) is 5.13 Å². The maximum atomic E-state index is 12.2. The Labute approximate surface area is 152 Å². The third-order valence-corrected chi connectivity index (χ3v) is 3.93. The van der Waals surface area contributed by atoms with Crippen LogP contribution in [0.15, 0.2) is 36.0 Å². The number of hydrogen-bond acceptors (Lipinski definition) is 8. The van der Waals surface area contributed by atoms with Crippen molar-refractivity contribution < 1.29 is 14.3 Å². The summed E-state index contributed by atoms with van der Waals surface area (Å²) < 4.78 is 6.27. The molecule has 26 heavy (non-hydrogen) atoms. The molecule has 3 rings (SSSR count). The van der Waals surface area contributed by atoms with Crippen LogP contribution in [0.4, 0.5) is 15.6 Å². The summed E-state index contributed by atoms with van der Waals surface area (Å²) in [6, 6.07) is 7.13. The van der Waals surface area contributed by atoms with E-state index in [1.807, 2.05) is 6.07 Å². The Morgan fingerprint density at radius 2 is 2.19 bits per heavy atom. The number of aromatic nitrogens is 5. The van der Waals surface area contributed by atoms with Gasteiger partial charge in [-0.3, -0.25) is 10.1 Å². The molecule has 0 aliphatic rings. The van der Waals surface area contributed by atoms with Crippen LogP contribution in [-0.4, -0.2) is 43.8 Å². The van der Waals surface area contributed by atoms with Gasteiger partial charge in [-0.1, -0.05) is 6.07 Å². The number of nitrogens with zero attached hydrogens (tertiary/aromatic N) is 5. The molecule has 11 heteroatoms. The van der Waals surface area contributed by atoms with E-state index < -0.39 is 6.09 Å². The highest BCUT2D eigenvalue weighted by Crippen LogP contribution is 2.17. The fourth-order valence-electron chi connectivity index (χ4n) is 2.08. The summed E-state index contributed by atoms with van der Waals surface area (Å²) in [4.78, 5) is 27.7. The summed E-state index contributed by atoms with van der Waals surface area (Å²) >= 11 is 1.22. The van der Waals surface area contributed by atoms with Crippen LogP contribution in [0.5, 0.6) is 0 Å². The van der Waals surface area contributed by atoms with Crippen LogP contribution in [0.2, 0.25) is 0 Å². The lowest BCUT2D eigenvalue weighted by molar-refractivity contribution is -0.115. The lowest BCUT2D eigenvalue weighted by Crippen LogP contribution is -2.15. The summed E-state index contributed by atoms with van der Waals surface area (Å²) in [5, 5.41) is 18.3. The first kappa shape index (κ1) is 17.5. The molecule has 0 saturated carbocycles. The van der Waals surface area contributed by atoms with Gasteiger partial charge in [-0.2, -0.15) is 0 Å². The Bertz CT molecular complexity index is 894. The molecule has 0 atom stereocenters. The van der Waals surface area contributed by atoms with Gasteiger partial charge in [0, 0.05) is 11.1 Å². The Hall–Kier alpha value is -3.34. The number of tetrazole rings is 1. The van der Waals surface area contributed by atoms with E-state index >= 15 is 0 Å². The average Bonchev–Trinajstić information content (AvgIpc) is 3.27. The molecule has 1 aromatic carbocycles. The van der Waals surface area contributed by atoms with Crippen LogP contribution in [-0.2, 0) is 16.0 Å². The first-order valence-corrected chi connectivity index (χ1v) is 8.53. The molecule has 0 saturated heterocycles. The van der Waals surface area contributed by atoms with E-state index in [1.165, 1.54) is 22.3 Å². The van der Waals surface area contributed by atoms with Crippen molar-refractivity contribution in [2.45, 2.75) is 13.3 Å². The number of carbonyl (C=O) groups is 2. The van der Waals surface area contributed by atoms with Crippen molar-refractivity contribution in [1.82, 2.24) is 25.2 Å². The quantitative estimate of drug-likeness (QED) is 0.676. The third-order valence-electron chi connectivity index (χ3n) is 3.12.